The van der Waals surface area contributed by atoms with Gasteiger partial charge in [-0.15, -0.1) is 0 Å². The second kappa shape index (κ2) is 9.02. The maximum atomic E-state index is 12.1. The normalized spacial score (nSPS) is 11.3. The molecule has 2 nitrogen and oxygen atoms in total. The van der Waals surface area contributed by atoms with Gasteiger partial charge in [-0.05, 0) is 18.9 Å². The number of nitriles is 1. The van der Waals surface area contributed by atoms with E-state index >= 15 is 0 Å². The van der Waals surface area contributed by atoms with E-state index in [1.165, 1.54) is 4.90 Å². The van der Waals surface area contributed by atoms with E-state index in [0.717, 1.165) is 0 Å². The predicted molar refractivity (Wildman–Crippen MR) is 50.6 cm³/mol. The van der Waals surface area contributed by atoms with Gasteiger partial charge in [0.15, 0.2) is 0 Å². The minimum Gasteiger partial charge on any atom is -0.448 e. The second-order valence-corrected chi connectivity index (χ2v) is 3.77. The molecule has 0 aromatic carbocycles. The van der Waals surface area contributed by atoms with Gasteiger partial charge in [0, 0.05) is 13.0 Å². The SMILES string of the molecule is CC(C)CN(CCC#N)C[B-](F)(F)F.[K+]. The van der Waals surface area contributed by atoms with Gasteiger partial charge in [-0.1, -0.05) is 13.8 Å². The fourth-order valence-electron chi connectivity index (χ4n) is 1.27. The van der Waals surface area contributed by atoms with Gasteiger partial charge in [0.05, 0.1) is 6.07 Å². The zero-order valence-electron chi connectivity index (χ0n) is 9.51. The average molecular weight is 246 g/mol. The molecule has 0 fully saturated rings. The third-order valence-corrected chi connectivity index (χ3v) is 1.63. The molecule has 0 aromatic rings. The van der Waals surface area contributed by atoms with Gasteiger partial charge in [0.25, 0.3) is 0 Å². The monoisotopic (exact) mass is 246 g/mol. The summed E-state index contributed by atoms with van der Waals surface area (Å²) in [6.07, 6.45) is -0.710. The zero-order chi connectivity index (χ0) is 11.2. The van der Waals surface area contributed by atoms with Gasteiger partial charge in [-0.2, -0.15) is 5.26 Å². The summed E-state index contributed by atoms with van der Waals surface area (Å²) in [5.41, 5.74) is 0. The van der Waals surface area contributed by atoms with Crippen molar-refractivity contribution in [3.63, 3.8) is 0 Å². The van der Waals surface area contributed by atoms with Gasteiger partial charge >= 0.3 is 58.4 Å². The van der Waals surface area contributed by atoms with Crippen molar-refractivity contribution in [1.29, 1.82) is 5.26 Å². The Morgan fingerprint density at radius 2 is 1.87 bits per heavy atom. The Balaban J connectivity index is 0. The number of hydrogen-bond acceptors (Lipinski definition) is 2. The van der Waals surface area contributed by atoms with Crippen molar-refractivity contribution < 1.29 is 64.3 Å². The molecule has 0 bridgehead atoms. The molecule has 0 rings (SSSR count). The van der Waals surface area contributed by atoms with Crippen LogP contribution >= 0.6 is 0 Å². The largest absolute Gasteiger partial charge is 1.00 e. The minimum atomic E-state index is -4.78. The van der Waals surface area contributed by atoms with Crippen LogP contribution in [0.3, 0.4) is 0 Å². The van der Waals surface area contributed by atoms with Crippen LogP contribution in [0, 0.1) is 17.2 Å². The number of nitrogens with zero attached hydrogens (tertiary/aromatic N) is 2. The van der Waals surface area contributed by atoms with E-state index < -0.39 is 13.4 Å². The third kappa shape index (κ3) is 12.9. The summed E-state index contributed by atoms with van der Waals surface area (Å²) in [6, 6.07) is 1.86. The van der Waals surface area contributed by atoms with Gasteiger partial charge in [-0.25, -0.2) is 0 Å². The maximum absolute atomic E-state index is 12.1. The molecule has 0 N–H and O–H groups in total. The summed E-state index contributed by atoms with van der Waals surface area (Å²) in [4.78, 5) is 1.30. The molecule has 0 atom stereocenters. The zero-order valence-corrected chi connectivity index (χ0v) is 12.6. The molecule has 0 heterocycles. The molecule has 15 heavy (non-hydrogen) atoms. The summed E-state index contributed by atoms with van der Waals surface area (Å²) in [5, 5.41) is 8.29. The third-order valence-electron chi connectivity index (χ3n) is 1.63. The van der Waals surface area contributed by atoms with Crippen LogP contribution in [0.5, 0.6) is 0 Å². The van der Waals surface area contributed by atoms with Crippen molar-refractivity contribution >= 4 is 6.98 Å². The molecule has 0 saturated heterocycles. The van der Waals surface area contributed by atoms with E-state index in [0.29, 0.717) is 6.54 Å². The molecule has 82 valence electrons. The molecule has 0 radical (unpaired) electrons. The molecule has 0 saturated carbocycles. The first-order chi connectivity index (χ1) is 6.35. The van der Waals surface area contributed by atoms with Crippen LogP contribution in [0.4, 0.5) is 12.9 Å². The fraction of sp³-hybridized carbons (Fsp3) is 0.875. The molecule has 0 unspecified atom stereocenters. The number of halogens is 3. The molecular formula is C8H15BF3KN2. The quantitative estimate of drug-likeness (QED) is 0.576. The van der Waals surface area contributed by atoms with Crippen LogP contribution in [-0.4, -0.2) is 31.4 Å². The molecule has 0 aliphatic heterocycles. The van der Waals surface area contributed by atoms with E-state index in [9.17, 15) is 12.9 Å². The second-order valence-electron chi connectivity index (χ2n) is 3.77. The van der Waals surface area contributed by atoms with Crippen LogP contribution in [0.2, 0.25) is 0 Å². The number of rotatable bonds is 6. The first kappa shape index (κ1) is 18.3. The molecule has 0 amide bonds. The van der Waals surface area contributed by atoms with Gasteiger partial charge in [-0.3, -0.25) is 0 Å². The van der Waals surface area contributed by atoms with E-state index in [-0.39, 0.29) is 70.3 Å². The van der Waals surface area contributed by atoms with E-state index in [4.69, 9.17) is 5.26 Å². The van der Waals surface area contributed by atoms with Crippen LogP contribution in [0.25, 0.3) is 0 Å². The molecule has 0 spiro atoms. The molecule has 0 aromatic heterocycles. The van der Waals surface area contributed by atoms with Crippen molar-refractivity contribution in [2.24, 2.45) is 5.92 Å². The summed E-state index contributed by atoms with van der Waals surface area (Å²) in [6.45, 7) is -0.457. The fourth-order valence-corrected chi connectivity index (χ4v) is 1.27. The number of hydrogen-bond donors (Lipinski definition) is 0. The van der Waals surface area contributed by atoms with Gasteiger partial charge < -0.3 is 17.8 Å². The topological polar surface area (TPSA) is 27.0 Å². The van der Waals surface area contributed by atoms with E-state index in [1.807, 2.05) is 19.9 Å². The Bertz CT molecular complexity index is 203. The summed E-state index contributed by atoms with van der Waals surface area (Å²) in [5.74, 6) is 0.187. The summed E-state index contributed by atoms with van der Waals surface area (Å²) in [7, 11) is 0. The van der Waals surface area contributed by atoms with Crippen molar-refractivity contribution in [3.8, 4) is 6.07 Å². The molecule has 0 aliphatic carbocycles. The Morgan fingerprint density at radius 3 is 2.20 bits per heavy atom. The Morgan fingerprint density at radius 1 is 1.33 bits per heavy atom. The van der Waals surface area contributed by atoms with Crippen molar-refractivity contribution in [3.05, 3.63) is 0 Å². The van der Waals surface area contributed by atoms with E-state index in [2.05, 4.69) is 0 Å². The predicted octanol–water partition coefficient (Wildman–Crippen LogP) is -0.751. The standard InChI is InChI=1S/C8H15BF3N2.K/c1-8(2)6-14(5-3-4-13)7-9(10,11)12;/h8H,3,5-7H2,1-2H3;/q-1;+1. The maximum Gasteiger partial charge on any atom is 1.00 e. The summed E-state index contributed by atoms with van der Waals surface area (Å²) < 4.78 is 36.4. The Kier molecular flexibility index (Phi) is 11.0. The average Bonchev–Trinajstić information content (AvgIpc) is 1.96. The van der Waals surface area contributed by atoms with Crippen molar-refractivity contribution in [2.45, 2.75) is 20.3 Å². The first-order valence-corrected chi connectivity index (χ1v) is 4.65. The van der Waals surface area contributed by atoms with Crippen LogP contribution in [-0.2, 0) is 0 Å². The smallest absolute Gasteiger partial charge is 0.448 e. The Hall–Kier alpha value is 0.941. The van der Waals surface area contributed by atoms with Crippen molar-refractivity contribution in [1.82, 2.24) is 4.90 Å². The minimum absolute atomic E-state index is 0. The van der Waals surface area contributed by atoms with Crippen LogP contribution in [0.1, 0.15) is 20.3 Å². The van der Waals surface area contributed by atoms with Crippen LogP contribution < -0.4 is 51.4 Å². The van der Waals surface area contributed by atoms with Gasteiger partial charge in [0.1, 0.15) is 0 Å². The first-order valence-electron chi connectivity index (χ1n) is 4.65. The molecular weight excluding hydrogens is 231 g/mol. The summed E-state index contributed by atoms with van der Waals surface area (Å²) >= 11 is 0. The Labute approximate surface area is 132 Å². The van der Waals surface area contributed by atoms with Crippen LogP contribution in [0.15, 0.2) is 0 Å². The van der Waals surface area contributed by atoms with Crippen molar-refractivity contribution in [2.75, 3.05) is 19.5 Å². The molecule has 7 heteroatoms. The van der Waals surface area contributed by atoms with Gasteiger partial charge in [0.2, 0.25) is 0 Å². The molecule has 0 aliphatic rings. The van der Waals surface area contributed by atoms with E-state index in [1.54, 1.807) is 0 Å².